The van der Waals surface area contributed by atoms with Gasteiger partial charge in [-0.2, -0.15) is 5.10 Å². The number of aryl methyl sites for hydroxylation is 1. The molecule has 1 aromatic heterocycles. The lowest BCUT2D eigenvalue weighted by Gasteiger charge is -2.32. The Morgan fingerprint density at radius 1 is 1.19 bits per heavy atom. The van der Waals surface area contributed by atoms with Crippen LogP contribution in [0.25, 0.3) is 0 Å². The first-order valence-corrected chi connectivity index (χ1v) is 7.39. The molecule has 0 fully saturated rings. The van der Waals surface area contributed by atoms with Crippen molar-refractivity contribution < 1.29 is 4.79 Å². The molecule has 4 heteroatoms. The summed E-state index contributed by atoms with van der Waals surface area (Å²) >= 11 is 0. The zero-order valence-corrected chi connectivity index (χ0v) is 11.9. The molecule has 0 saturated carbocycles. The molecule has 0 bridgehead atoms. The molecule has 1 aromatic carbocycles. The van der Waals surface area contributed by atoms with Gasteiger partial charge in [-0.25, -0.2) is 0 Å². The Morgan fingerprint density at radius 3 is 2.81 bits per heavy atom. The van der Waals surface area contributed by atoms with E-state index in [1.54, 1.807) is 0 Å². The average molecular weight is 279 g/mol. The van der Waals surface area contributed by atoms with Crippen LogP contribution >= 0.6 is 0 Å². The van der Waals surface area contributed by atoms with Gasteiger partial charge < -0.3 is 5.32 Å². The topological polar surface area (TPSA) is 57.8 Å². The van der Waals surface area contributed by atoms with E-state index in [1.165, 1.54) is 0 Å². The summed E-state index contributed by atoms with van der Waals surface area (Å²) in [6.45, 7) is 2.02. The van der Waals surface area contributed by atoms with Gasteiger partial charge in [-0.15, -0.1) is 0 Å². The standard InChI is InChI=1S/C17H17N3O/c1-10-14-15(11-6-3-2-4-7-11)16-12(8-5-9-13(16)21)18-17(14)20-19-10/h2-4,6-7,15H,5,8-9H2,1H3,(H2,18,19,20). The summed E-state index contributed by atoms with van der Waals surface area (Å²) in [5, 5.41) is 10.8. The van der Waals surface area contributed by atoms with Crippen LogP contribution in [0, 0.1) is 6.92 Å². The third kappa shape index (κ3) is 1.82. The summed E-state index contributed by atoms with van der Waals surface area (Å²) in [6, 6.07) is 10.3. The van der Waals surface area contributed by atoms with Crippen LogP contribution in [0.5, 0.6) is 0 Å². The lowest BCUT2D eigenvalue weighted by Crippen LogP contribution is -2.26. The summed E-state index contributed by atoms with van der Waals surface area (Å²) in [5.74, 6) is 1.14. The molecule has 0 saturated heterocycles. The minimum atomic E-state index is 0.00370. The molecule has 0 amide bonds. The largest absolute Gasteiger partial charge is 0.342 e. The molecule has 2 aliphatic rings. The molecule has 1 aliphatic heterocycles. The molecule has 4 nitrogen and oxygen atoms in total. The van der Waals surface area contributed by atoms with Crippen LogP contribution in [0.4, 0.5) is 5.82 Å². The number of hydrogen-bond acceptors (Lipinski definition) is 3. The first-order valence-electron chi connectivity index (χ1n) is 7.39. The highest BCUT2D eigenvalue weighted by molar-refractivity contribution is 6.01. The molecular formula is C17H17N3O. The van der Waals surface area contributed by atoms with Crippen LogP contribution in [0.1, 0.15) is 42.0 Å². The number of nitrogens with zero attached hydrogens (tertiary/aromatic N) is 1. The number of anilines is 1. The van der Waals surface area contributed by atoms with E-state index in [9.17, 15) is 4.79 Å². The Morgan fingerprint density at radius 2 is 2.00 bits per heavy atom. The fourth-order valence-corrected chi connectivity index (χ4v) is 3.48. The highest BCUT2D eigenvalue weighted by Crippen LogP contribution is 2.45. The molecule has 0 spiro atoms. The maximum atomic E-state index is 12.5. The molecule has 2 heterocycles. The van der Waals surface area contributed by atoms with E-state index in [0.717, 1.165) is 46.8 Å². The smallest absolute Gasteiger partial charge is 0.161 e. The minimum Gasteiger partial charge on any atom is -0.342 e. The highest BCUT2D eigenvalue weighted by atomic mass is 16.1. The van der Waals surface area contributed by atoms with Crippen molar-refractivity contribution in [2.24, 2.45) is 0 Å². The molecule has 106 valence electrons. The summed E-state index contributed by atoms with van der Waals surface area (Å²) in [5.41, 5.74) is 5.28. The van der Waals surface area contributed by atoms with Gasteiger partial charge in [-0.1, -0.05) is 30.3 Å². The number of fused-ring (bicyclic) bond motifs is 1. The van der Waals surface area contributed by atoms with Gasteiger partial charge in [0.15, 0.2) is 11.6 Å². The second kappa shape index (κ2) is 4.58. The Bertz CT molecular complexity index is 743. The van der Waals surface area contributed by atoms with E-state index >= 15 is 0 Å². The maximum absolute atomic E-state index is 12.5. The third-order valence-corrected chi connectivity index (χ3v) is 4.43. The van der Waals surface area contributed by atoms with Crippen molar-refractivity contribution in [2.75, 3.05) is 5.32 Å². The van der Waals surface area contributed by atoms with Gasteiger partial charge in [-0.3, -0.25) is 9.89 Å². The maximum Gasteiger partial charge on any atom is 0.161 e. The summed E-state index contributed by atoms with van der Waals surface area (Å²) in [7, 11) is 0. The van der Waals surface area contributed by atoms with E-state index in [4.69, 9.17) is 0 Å². The van der Waals surface area contributed by atoms with Crippen LogP contribution < -0.4 is 5.32 Å². The van der Waals surface area contributed by atoms with Gasteiger partial charge in [0.25, 0.3) is 0 Å². The van der Waals surface area contributed by atoms with E-state index in [2.05, 4.69) is 27.6 Å². The highest BCUT2D eigenvalue weighted by Gasteiger charge is 2.37. The molecule has 2 aromatic rings. The van der Waals surface area contributed by atoms with Gasteiger partial charge in [0.05, 0.1) is 0 Å². The van der Waals surface area contributed by atoms with Crippen molar-refractivity contribution >= 4 is 11.6 Å². The molecule has 21 heavy (non-hydrogen) atoms. The van der Waals surface area contributed by atoms with Crippen LogP contribution in [0.15, 0.2) is 41.6 Å². The summed E-state index contributed by atoms with van der Waals surface area (Å²) in [6.07, 6.45) is 2.50. The van der Waals surface area contributed by atoms with Gasteiger partial charge in [0.1, 0.15) is 0 Å². The van der Waals surface area contributed by atoms with Crippen molar-refractivity contribution in [3.63, 3.8) is 0 Å². The van der Waals surface area contributed by atoms with Gasteiger partial charge in [-0.05, 0) is 25.3 Å². The number of nitrogens with one attached hydrogen (secondary N) is 2. The van der Waals surface area contributed by atoms with Gasteiger partial charge >= 0.3 is 0 Å². The number of aromatic amines is 1. The number of rotatable bonds is 1. The fourth-order valence-electron chi connectivity index (χ4n) is 3.48. The molecule has 4 rings (SSSR count). The number of aromatic nitrogens is 2. The number of carbonyl (C=O) groups is 1. The second-order valence-corrected chi connectivity index (χ2v) is 5.75. The van der Waals surface area contributed by atoms with Crippen molar-refractivity contribution in [1.82, 2.24) is 10.2 Å². The Kier molecular flexibility index (Phi) is 2.70. The van der Waals surface area contributed by atoms with Crippen molar-refractivity contribution in [2.45, 2.75) is 32.1 Å². The van der Waals surface area contributed by atoms with Crippen molar-refractivity contribution in [3.8, 4) is 0 Å². The SMILES string of the molecule is Cc1[nH]nc2c1C(c1ccccc1)C1=C(CCCC1=O)N2. The number of hydrogen-bond donors (Lipinski definition) is 2. The molecule has 1 aliphatic carbocycles. The average Bonchev–Trinajstić information content (AvgIpc) is 2.88. The normalized spacial score (nSPS) is 20.8. The lowest BCUT2D eigenvalue weighted by molar-refractivity contribution is -0.116. The second-order valence-electron chi connectivity index (χ2n) is 5.75. The first kappa shape index (κ1) is 12.4. The monoisotopic (exact) mass is 279 g/mol. The Labute approximate surface area is 123 Å². The van der Waals surface area contributed by atoms with E-state index in [0.29, 0.717) is 6.42 Å². The zero-order chi connectivity index (χ0) is 14.4. The molecule has 1 atom stereocenters. The predicted molar refractivity (Wildman–Crippen MR) is 81.1 cm³/mol. The van der Waals surface area contributed by atoms with E-state index in [-0.39, 0.29) is 11.7 Å². The van der Waals surface area contributed by atoms with E-state index < -0.39 is 0 Å². The molecule has 1 unspecified atom stereocenters. The number of allylic oxidation sites excluding steroid dienone is 2. The number of benzene rings is 1. The molecule has 2 N–H and O–H groups in total. The predicted octanol–water partition coefficient (Wildman–Crippen LogP) is 3.28. The third-order valence-electron chi connectivity index (χ3n) is 4.43. The van der Waals surface area contributed by atoms with Crippen molar-refractivity contribution in [1.29, 1.82) is 0 Å². The number of H-pyrrole nitrogens is 1. The van der Waals surface area contributed by atoms with Gasteiger partial charge in [0, 0.05) is 34.9 Å². The number of ketones is 1. The molecular weight excluding hydrogens is 262 g/mol. The minimum absolute atomic E-state index is 0.00370. The fraction of sp³-hybridized carbons (Fsp3) is 0.294. The van der Waals surface area contributed by atoms with Crippen LogP contribution in [-0.4, -0.2) is 16.0 Å². The van der Waals surface area contributed by atoms with Crippen LogP contribution in [-0.2, 0) is 4.79 Å². The van der Waals surface area contributed by atoms with Gasteiger partial charge in [0.2, 0.25) is 0 Å². The lowest BCUT2D eigenvalue weighted by atomic mass is 9.76. The number of carbonyl (C=O) groups excluding carboxylic acids is 1. The van der Waals surface area contributed by atoms with Crippen molar-refractivity contribution in [3.05, 3.63) is 58.4 Å². The Hall–Kier alpha value is -2.36. The first-order chi connectivity index (χ1) is 10.3. The summed E-state index contributed by atoms with van der Waals surface area (Å²) in [4.78, 5) is 12.5. The zero-order valence-electron chi connectivity index (χ0n) is 11.9. The quantitative estimate of drug-likeness (QED) is 0.842. The van der Waals surface area contributed by atoms with Crippen LogP contribution in [0.3, 0.4) is 0 Å². The van der Waals surface area contributed by atoms with E-state index in [1.807, 2.05) is 25.1 Å². The number of Topliss-reactive ketones (excluding diaryl/α,β-unsaturated/α-hetero) is 1. The van der Waals surface area contributed by atoms with Crippen LogP contribution in [0.2, 0.25) is 0 Å². The molecule has 0 radical (unpaired) electrons. The Balaban J connectivity index is 1.96. The summed E-state index contributed by atoms with van der Waals surface area (Å²) < 4.78 is 0.